The highest BCUT2D eigenvalue weighted by Gasteiger charge is 2.36. The van der Waals surface area contributed by atoms with E-state index in [4.69, 9.17) is 9.05 Å². The zero-order chi connectivity index (χ0) is 16.4. The molecule has 1 rings (SSSR count). The van der Waals surface area contributed by atoms with Gasteiger partial charge in [-0.1, -0.05) is 44.2 Å². The van der Waals surface area contributed by atoms with Crippen LogP contribution in [-0.4, -0.2) is 37.7 Å². The lowest BCUT2D eigenvalue weighted by Crippen LogP contribution is -2.25. The molecule has 0 aliphatic carbocycles. The third kappa shape index (κ3) is 5.51. The summed E-state index contributed by atoms with van der Waals surface area (Å²) in [6.07, 6.45) is 0.767. The second-order valence-electron chi connectivity index (χ2n) is 5.12. The average molecular weight is 327 g/mol. The maximum atomic E-state index is 13.2. The molecule has 0 saturated heterocycles. The van der Waals surface area contributed by atoms with Crippen LogP contribution in [0.4, 0.5) is 0 Å². The molecule has 0 bridgehead atoms. The molecule has 1 atom stereocenters. The van der Waals surface area contributed by atoms with Crippen LogP contribution in [0.2, 0.25) is 0 Å². The molecule has 0 amide bonds. The standard InChI is InChI=1S/C17H30NO3P/c1-5-18(6-2)15-14-17(16-12-10-9-11-13-16)22(19,20-7-3)21-8-4/h9-13,17H,5-8,14-15H2,1-4H3. The first-order valence-electron chi connectivity index (χ1n) is 8.27. The van der Waals surface area contributed by atoms with Gasteiger partial charge in [-0.25, -0.2) is 0 Å². The van der Waals surface area contributed by atoms with Crippen LogP contribution in [0.1, 0.15) is 45.3 Å². The highest BCUT2D eigenvalue weighted by atomic mass is 31.2. The molecule has 5 heteroatoms. The Kier molecular flexibility index (Phi) is 8.96. The molecule has 0 saturated carbocycles. The quantitative estimate of drug-likeness (QED) is 0.551. The van der Waals surface area contributed by atoms with Gasteiger partial charge in [0.15, 0.2) is 0 Å². The van der Waals surface area contributed by atoms with Crippen LogP contribution >= 0.6 is 7.60 Å². The topological polar surface area (TPSA) is 38.8 Å². The smallest absolute Gasteiger partial charge is 0.308 e. The summed E-state index contributed by atoms with van der Waals surface area (Å²) >= 11 is 0. The van der Waals surface area contributed by atoms with E-state index < -0.39 is 7.60 Å². The summed E-state index contributed by atoms with van der Waals surface area (Å²) in [5, 5.41) is 0. The van der Waals surface area contributed by atoms with Crippen molar-refractivity contribution in [2.45, 2.75) is 39.8 Å². The van der Waals surface area contributed by atoms with E-state index in [2.05, 4.69) is 18.7 Å². The van der Waals surface area contributed by atoms with Gasteiger partial charge in [0.05, 0.1) is 18.9 Å². The summed E-state index contributed by atoms with van der Waals surface area (Å²) in [6.45, 7) is 11.7. The molecule has 0 N–H and O–H groups in total. The van der Waals surface area contributed by atoms with Crippen molar-refractivity contribution < 1.29 is 13.6 Å². The third-order valence-corrected chi connectivity index (χ3v) is 6.35. The van der Waals surface area contributed by atoms with E-state index in [9.17, 15) is 4.57 Å². The van der Waals surface area contributed by atoms with E-state index in [1.54, 1.807) is 0 Å². The van der Waals surface area contributed by atoms with Crippen LogP contribution in [0.15, 0.2) is 30.3 Å². The number of hydrogen-bond donors (Lipinski definition) is 0. The van der Waals surface area contributed by atoms with E-state index in [1.165, 1.54) is 0 Å². The summed E-state index contributed by atoms with van der Waals surface area (Å²) in [7, 11) is -3.16. The minimum atomic E-state index is -3.16. The van der Waals surface area contributed by atoms with Gasteiger partial charge in [-0.3, -0.25) is 4.57 Å². The fraction of sp³-hybridized carbons (Fsp3) is 0.647. The van der Waals surface area contributed by atoms with Crippen molar-refractivity contribution >= 4 is 7.60 Å². The van der Waals surface area contributed by atoms with Crippen LogP contribution in [0.5, 0.6) is 0 Å². The molecule has 0 spiro atoms. The Hall–Kier alpha value is -0.670. The van der Waals surface area contributed by atoms with Gasteiger partial charge < -0.3 is 13.9 Å². The van der Waals surface area contributed by atoms with E-state index in [-0.39, 0.29) is 5.66 Å². The molecule has 0 aromatic heterocycles. The Labute approximate surface area is 135 Å². The van der Waals surface area contributed by atoms with E-state index >= 15 is 0 Å². The number of nitrogens with zero attached hydrogens (tertiary/aromatic N) is 1. The first-order valence-corrected chi connectivity index (χ1v) is 9.88. The van der Waals surface area contributed by atoms with Gasteiger partial charge in [0.2, 0.25) is 0 Å². The molecule has 22 heavy (non-hydrogen) atoms. The Bertz CT molecular complexity index is 438. The second kappa shape index (κ2) is 10.2. The van der Waals surface area contributed by atoms with Gasteiger partial charge in [0.25, 0.3) is 0 Å². The average Bonchev–Trinajstić information content (AvgIpc) is 2.53. The Morgan fingerprint density at radius 3 is 2.00 bits per heavy atom. The predicted molar refractivity (Wildman–Crippen MR) is 92.4 cm³/mol. The molecule has 0 radical (unpaired) electrons. The lowest BCUT2D eigenvalue weighted by molar-refractivity contribution is 0.206. The van der Waals surface area contributed by atoms with Crippen molar-refractivity contribution in [2.75, 3.05) is 32.8 Å². The molecule has 0 heterocycles. The van der Waals surface area contributed by atoms with Crippen molar-refractivity contribution in [2.24, 2.45) is 0 Å². The van der Waals surface area contributed by atoms with Gasteiger partial charge in [-0.2, -0.15) is 0 Å². The number of hydrogen-bond acceptors (Lipinski definition) is 4. The first-order chi connectivity index (χ1) is 10.6. The highest BCUT2D eigenvalue weighted by Crippen LogP contribution is 2.62. The van der Waals surface area contributed by atoms with Crippen molar-refractivity contribution in [1.29, 1.82) is 0 Å². The second-order valence-corrected chi connectivity index (χ2v) is 7.34. The monoisotopic (exact) mass is 327 g/mol. The maximum absolute atomic E-state index is 13.2. The Balaban J connectivity index is 3.02. The zero-order valence-corrected chi connectivity index (χ0v) is 15.2. The Morgan fingerprint density at radius 1 is 1.00 bits per heavy atom. The molecule has 0 aliphatic heterocycles. The SMILES string of the molecule is CCOP(=O)(OCC)C(CCN(CC)CC)c1ccccc1. The normalized spacial score (nSPS) is 13.5. The van der Waals surface area contributed by atoms with Crippen LogP contribution in [0.25, 0.3) is 0 Å². The van der Waals surface area contributed by atoms with Crippen molar-refractivity contribution in [3.63, 3.8) is 0 Å². The van der Waals surface area contributed by atoms with Crippen molar-refractivity contribution in [3.8, 4) is 0 Å². The summed E-state index contributed by atoms with van der Waals surface area (Å²) in [6, 6.07) is 9.94. The summed E-state index contributed by atoms with van der Waals surface area (Å²) in [5.74, 6) is 0. The largest absolute Gasteiger partial charge is 0.338 e. The molecule has 0 fully saturated rings. The van der Waals surface area contributed by atoms with Gasteiger partial charge in [-0.05, 0) is 45.5 Å². The van der Waals surface area contributed by atoms with E-state index in [0.29, 0.717) is 13.2 Å². The minimum Gasteiger partial charge on any atom is -0.308 e. The zero-order valence-electron chi connectivity index (χ0n) is 14.3. The van der Waals surface area contributed by atoms with Crippen molar-refractivity contribution in [3.05, 3.63) is 35.9 Å². The van der Waals surface area contributed by atoms with Gasteiger partial charge in [-0.15, -0.1) is 0 Å². The minimum absolute atomic E-state index is 0.214. The molecular formula is C17H30NO3P. The summed E-state index contributed by atoms with van der Waals surface area (Å²) in [4.78, 5) is 2.33. The predicted octanol–water partition coefficient (Wildman–Crippen LogP) is 4.73. The fourth-order valence-electron chi connectivity index (χ4n) is 2.60. The lowest BCUT2D eigenvalue weighted by Gasteiger charge is -2.28. The number of rotatable bonds is 11. The first kappa shape index (κ1) is 19.4. The van der Waals surface area contributed by atoms with Crippen LogP contribution in [0.3, 0.4) is 0 Å². The number of benzene rings is 1. The molecular weight excluding hydrogens is 297 g/mol. The van der Waals surface area contributed by atoms with Crippen LogP contribution in [-0.2, 0) is 13.6 Å². The third-order valence-electron chi connectivity index (χ3n) is 3.80. The molecule has 126 valence electrons. The molecule has 1 unspecified atom stereocenters. The lowest BCUT2D eigenvalue weighted by atomic mass is 10.1. The van der Waals surface area contributed by atoms with Gasteiger partial charge in [0.1, 0.15) is 0 Å². The van der Waals surface area contributed by atoms with E-state index in [0.717, 1.165) is 31.6 Å². The molecule has 1 aromatic carbocycles. The fourth-order valence-corrected chi connectivity index (χ4v) is 4.73. The maximum Gasteiger partial charge on any atom is 0.338 e. The van der Waals surface area contributed by atoms with E-state index in [1.807, 2.05) is 44.2 Å². The van der Waals surface area contributed by atoms with Crippen LogP contribution in [0, 0.1) is 0 Å². The van der Waals surface area contributed by atoms with Crippen LogP contribution < -0.4 is 0 Å². The van der Waals surface area contributed by atoms with Gasteiger partial charge >= 0.3 is 7.60 Å². The summed E-state index contributed by atoms with van der Waals surface area (Å²) in [5.41, 5.74) is 0.814. The molecule has 4 nitrogen and oxygen atoms in total. The van der Waals surface area contributed by atoms with Gasteiger partial charge in [0, 0.05) is 0 Å². The highest BCUT2D eigenvalue weighted by molar-refractivity contribution is 7.54. The summed E-state index contributed by atoms with van der Waals surface area (Å²) < 4.78 is 24.4. The Morgan fingerprint density at radius 2 is 1.55 bits per heavy atom. The molecule has 0 aliphatic rings. The molecule has 1 aromatic rings. The van der Waals surface area contributed by atoms with Crippen molar-refractivity contribution in [1.82, 2.24) is 4.90 Å².